The second-order valence-electron chi connectivity index (χ2n) is 4.64. The van der Waals surface area contributed by atoms with Crippen molar-refractivity contribution in [1.29, 1.82) is 0 Å². The van der Waals surface area contributed by atoms with Gasteiger partial charge in [-0.25, -0.2) is 4.39 Å². The van der Waals surface area contributed by atoms with Gasteiger partial charge in [0.15, 0.2) is 0 Å². The predicted molar refractivity (Wildman–Crippen MR) is 73.8 cm³/mol. The molecule has 2 aromatic rings. The van der Waals surface area contributed by atoms with E-state index >= 15 is 0 Å². The van der Waals surface area contributed by atoms with Gasteiger partial charge in [0.2, 0.25) is 0 Å². The van der Waals surface area contributed by atoms with Gasteiger partial charge in [-0.15, -0.1) is 0 Å². The average molecular weight is 259 g/mol. The van der Waals surface area contributed by atoms with Crippen molar-refractivity contribution in [2.75, 3.05) is 0 Å². The van der Waals surface area contributed by atoms with Crippen molar-refractivity contribution in [1.82, 2.24) is 10.4 Å². The first-order valence-electron chi connectivity index (χ1n) is 6.32. The highest BCUT2D eigenvalue weighted by molar-refractivity contribution is 5.26. The molecule has 1 atom stereocenters. The maximum absolute atomic E-state index is 13.4. The van der Waals surface area contributed by atoms with Crippen molar-refractivity contribution in [2.45, 2.75) is 25.8 Å². The number of pyridine rings is 1. The van der Waals surface area contributed by atoms with Crippen LogP contribution in [0.3, 0.4) is 0 Å². The number of hydrogen-bond donors (Lipinski definition) is 2. The number of rotatable bonds is 5. The Morgan fingerprint density at radius 2 is 2.16 bits per heavy atom. The monoisotopic (exact) mass is 259 g/mol. The molecular weight excluding hydrogens is 241 g/mol. The van der Waals surface area contributed by atoms with E-state index in [9.17, 15) is 4.39 Å². The van der Waals surface area contributed by atoms with Crippen LogP contribution >= 0.6 is 0 Å². The molecule has 1 aromatic carbocycles. The van der Waals surface area contributed by atoms with Gasteiger partial charge in [0, 0.05) is 17.9 Å². The van der Waals surface area contributed by atoms with Crippen LogP contribution in [0.2, 0.25) is 0 Å². The van der Waals surface area contributed by atoms with E-state index in [0.717, 1.165) is 29.7 Å². The van der Waals surface area contributed by atoms with Crippen molar-refractivity contribution < 1.29 is 4.39 Å². The maximum atomic E-state index is 13.4. The van der Waals surface area contributed by atoms with Gasteiger partial charge in [0.1, 0.15) is 5.82 Å². The molecule has 100 valence electrons. The number of nitrogens with one attached hydrogen (secondary N) is 1. The SMILES string of the molecule is Cc1cc(F)cc(C(CCc2ccccn2)NN)c1. The number of halogens is 1. The molecule has 0 aliphatic carbocycles. The number of benzene rings is 1. The number of hydrazine groups is 1. The molecule has 3 N–H and O–H groups in total. The van der Waals surface area contributed by atoms with Gasteiger partial charge >= 0.3 is 0 Å². The molecule has 0 aliphatic heterocycles. The Bertz CT molecular complexity index is 508. The largest absolute Gasteiger partial charge is 0.271 e. The van der Waals surface area contributed by atoms with Crippen LogP contribution < -0.4 is 11.3 Å². The molecule has 0 bridgehead atoms. The van der Waals surface area contributed by atoms with Gasteiger partial charge in [0.05, 0.1) is 0 Å². The maximum Gasteiger partial charge on any atom is 0.123 e. The highest BCUT2D eigenvalue weighted by Crippen LogP contribution is 2.20. The standard InChI is InChI=1S/C15H18FN3/c1-11-8-12(10-13(16)9-11)15(19-17)6-5-14-4-2-3-7-18-14/h2-4,7-10,15,19H,5-6,17H2,1H3. The van der Waals surface area contributed by atoms with Crippen LogP contribution in [0.15, 0.2) is 42.6 Å². The zero-order valence-electron chi connectivity index (χ0n) is 10.9. The van der Waals surface area contributed by atoms with Crippen molar-refractivity contribution in [3.05, 3.63) is 65.2 Å². The topological polar surface area (TPSA) is 50.9 Å². The zero-order chi connectivity index (χ0) is 13.7. The summed E-state index contributed by atoms with van der Waals surface area (Å²) >= 11 is 0. The van der Waals surface area contributed by atoms with Crippen molar-refractivity contribution in [3.8, 4) is 0 Å². The Balaban J connectivity index is 2.07. The summed E-state index contributed by atoms with van der Waals surface area (Å²) in [7, 11) is 0. The van der Waals surface area contributed by atoms with Crippen molar-refractivity contribution in [2.24, 2.45) is 5.84 Å². The van der Waals surface area contributed by atoms with Gasteiger partial charge in [-0.3, -0.25) is 16.3 Å². The first kappa shape index (κ1) is 13.6. The number of aromatic nitrogens is 1. The molecule has 3 nitrogen and oxygen atoms in total. The Kier molecular flexibility index (Phi) is 4.60. The lowest BCUT2D eigenvalue weighted by Crippen LogP contribution is -2.28. The summed E-state index contributed by atoms with van der Waals surface area (Å²) in [5.41, 5.74) is 5.53. The molecule has 0 saturated carbocycles. The van der Waals surface area contributed by atoms with Gasteiger partial charge in [-0.2, -0.15) is 0 Å². The predicted octanol–water partition coefficient (Wildman–Crippen LogP) is 2.67. The molecule has 0 saturated heterocycles. The molecule has 1 heterocycles. The fraction of sp³-hybridized carbons (Fsp3) is 0.267. The molecule has 0 radical (unpaired) electrons. The van der Waals surface area contributed by atoms with Gasteiger partial charge < -0.3 is 0 Å². The van der Waals surface area contributed by atoms with Crippen LogP contribution in [-0.2, 0) is 6.42 Å². The highest BCUT2D eigenvalue weighted by Gasteiger charge is 2.11. The number of nitrogens with two attached hydrogens (primary N) is 1. The fourth-order valence-corrected chi connectivity index (χ4v) is 2.15. The lowest BCUT2D eigenvalue weighted by Gasteiger charge is -2.16. The van der Waals surface area contributed by atoms with E-state index in [1.165, 1.54) is 12.1 Å². The molecule has 19 heavy (non-hydrogen) atoms. The highest BCUT2D eigenvalue weighted by atomic mass is 19.1. The molecule has 0 fully saturated rings. The van der Waals surface area contributed by atoms with E-state index in [0.29, 0.717) is 0 Å². The van der Waals surface area contributed by atoms with Crippen LogP contribution in [0.4, 0.5) is 4.39 Å². The Morgan fingerprint density at radius 1 is 1.32 bits per heavy atom. The molecular formula is C15H18FN3. The van der Waals surface area contributed by atoms with Crippen molar-refractivity contribution in [3.63, 3.8) is 0 Å². The first-order valence-corrected chi connectivity index (χ1v) is 6.32. The van der Waals surface area contributed by atoms with E-state index in [1.807, 2.05) is 31.2 Å². The summed E-state index contributed by atoms with van der Waals surface area (Å²) in [6, 6.07) is 10.7. The third-order valence-corrected chi connectivity index (χ3v) is 3.08. The van der Waals surface area contributed by atoms with E-state index in [-0.39, 0.29) is 11.9 Å². The summed E-state index contributed by atoms with van der Waals surface area (Å²) in [6.45, 7) is 1.87. The zero-order valence-corrected chi connectivity index (χ0v) is 10.9. The third-order valence-electron chi connectivity index (χ3n) is 3.08. The van der Waals surface area contributed by atoms with E-state index in [4.69, 9.17) is 5.84 Å². The molecule has 0 aliphatic rings. The molecule has 2 rings (SSSR count). The molecule has 0 spiro atoms. The third kappa shape index (κ3) is 3.84. The quantitative estimate of drug-likeness (QED) is 0.641. The van der Waals surface area contributed by atoms with Gasteiger partial charge in [-0.05, 0) is 55.2 Å². The van der Waals surface area contributed by atoms with Gasteiger partial charge in [-0.1, -0.05) is 12.1 Å². The minimum Gasteiger partial charge on any atom is -0.271 e. The summed E-state index contributed by atoms with van der Waals surface area (Å²) in [6.07, 6.45) is 3.34. The minimum absolute atomic E-state index is 0.0728. The van der Waals surface area contributed by atoms with E-state index in [2.05, 4.69) is 10.4 Å². The normalized spacial score (nSPS) is 12.4. The van der Waals surface area contributed by atoms with Gasteiger partial charge in [0.25, 0.3) is 0 Å². The fourth-order valence-electron chi connectivity index (χ4n) is 2.15. The first-order chi connectivity index (χ1) is 9.19. The Morgan fingerprint density at radius 3 is 2.79 bits per heavy atom. The lowest BCUT2D eigenvalue weighted by atomic mass is 9.99. The summed E-state index contributed by atoms with van der Waals surface area (Å²) in [5.74, 6) is 5.35. The van der Waals surface area contributed by atoms with E-state index in [1.54, 1.807) is 6.20 Å². The van der Waals surface area contributed by atoms with Crippen LogP contribution in [0, 0.1) is 12.7 Å². The number of aryl methyl sites for hydroxylation is 2. The molecule has 4 heteroatoms. The summed E-state index contributed by atoms with van der Waals surface area (Å²) < 4.78 is 13.4. The lowest BCUT2D eigenvalue weighted by molar-refractivity contribution is 0.509. The minimum atomic E-state index is -0.229. The second-order valence-corrected chi connectivity index (χ2v) is 4.64. The molecule has 1 unspecified atom stereocenters. The van der Waals surface area contributed by atoms with Crippen LogP contribution in [-0.4, -0.2) is 4.98 Å². The Hall–Kier alpha value is -1.78. The number of nitrogens with zero attached hydrogens (tertiary/aromatic N) is 1. The average Bonchev–Trinajstić information content (AvgIpc) is 2.39. The van der Waals surface area contributed by atoms with Crippen LogP contribution in [0.1, 0.15) is 29.3 Å². The second kappa shape index (κ2) is 6.41. The molecule has 1 aromatic heterocycles. The van der Waals surface area contributed by atoms with Crippen LogP contribution in [0.5, 0.6) is 0 Å². The smallest absolute Gasteiger partial charge is 0.123 e. The van der Waals surface area contributed by atoms with E-state index < -0.39 is 0 Å². The van der Waals surface area contributed by atoms with Crippen molar-refractivity contribution >= 4 is 0 Å². The summed E-state index contributed by atoms with van der Waals surface area (Å²) in [4.78, 5) is 4.27. The van der Waals surface area contributed by atoms with Crippen LogP contribution in [0.25, 0.3) is 0 Å². The number of hydrogen-bond acceptors (Lipinski definition) is 3. The Labute approximate surface area is 112 Å². The molecule has 0 amide bonds. The summed E-state index contributed by atoms with van der Waals surface area (Å²) in [5, 5.41) is 0.